The number of nitrogens with one attached hydrogen (secondary N) is 2. The zero-order valence-electron chi connectivity index (χ0n) is 8.64. The van der Waals surface area contributed by atoms with Crippen molar-refractivity contribution in [1.82, 2.24) is 14.9 Å². The number of hydrogen-bond donors (Lipinski definition) is 3. The van der Waals surface area contributed by atoms with E-state index < -0.39 is 16.1 Å². The van der Waals surface area contributed by atoms with E-state index in [9.17, 15) is 8.42 Å². The monoisotopic (exact) mass is 233 g/mol. The van der Waals surface area contributed by atoms with Gasteiger partial charge in [-0.05, 0) is 5.92 Å². The van der Waals surface area contributed by atoms with Gasteiger partial charge in [0.05, 0.1) is 12.8 Å². The summed E-state index contributed by atoms with van der Waals surface area (Å²) in [6.07, 6.45) is 2.51. The molecule has 6 nitrogen and oxygen atoms in total. The van der Waals surface area contributed by atoms with Gasteiger partial charge in [-0.25, -0.2) is 13.1 Å². The first kappa shape index (κ1) is 12.2. The molecule has 15 heavy (non-hydrogen) atoms. The lowest BCUT2D eigenvalue weighted by molar-refractivity contribution is 0.227. The van der Waals surface area contributed by atoms with Gasteiger partial charge in [0.2, 0.25) is 10.0 Å². The normalized spacial score (nSPS) is 14.4. The van der Waals surface area contributed by atoms with Crippen molar-refractivity contribution in [2.24, 2.45) is 5.92 Å². The maximum Gasteiger partial charge on any atom is 0.244 e. The molecule has 1 rings (SSSR count). The van der Waals surface area contributed by atoms with Crippen LogP contribution in [0.5, 0.6) is 0 Å². The molecule has 0 aliphatic rings. The van der Waals surface area contributed by atoms with Crippen molar-refractivity contribution in [3.63, 3.8) is 0 Å². The van der Waals surface area contributed by atoms with E-state index in [2.05, 4.69) is 14.9 Å². The number of H-pyrrole nitrogens is 1. The summed E-state index contributed by atoms with van der Waals surface area (Å²) in [6.45, 7) is 3.44. The maximum atomic E-state index is 11.7. The molecule has 0 bridgehead atoms. The Morgan fingerprint density at radius 1 is 1.60 bits per heavy atom. The fourth-order valence-corrected chi connectivity index (χ4v) is 2.32. The van der Waals surface area contributed by atoms with Crippen LogP contribution in [-0.2, 0) is 10.0 Å². The molecule has 1 heterocycles. The summed E-state index contributed by atoms with van der Waals surface area (Å²) in [5.74, 6) is 0.0247. The number of aliphatic hydroxyl groups excluding tert-OH is 1. The van der Waals surface area contributed by atoms with E-state index >= 15 is 0 Å². The van der Waals surface area contributed by atoms with E-state index in [0.29, 0.717) is 0 Å². The van der Waals surface area contributed by atoms with Crippen molar-refractivity contribution in [1.29, 1.82) is 0 Å². The van der Waals surface area contributed by atoms with Gasteiger partial charge in [0.25, 0.3) is 0 Å². The second-order valence-corrected chi connectivity index (χ2v) is 5.30. The number of hydrogen-bond acceptors (Lipinski definition) is 4. The van der Waals surface area contributed by atoms with Crippen molar-refractivity contribution in [3.05, 3.63) is 12.4 Å². The lowest BCUT2D eigenvalue weighted by Gasteiger charge is -2.19. The summed E-state index contributed by atoms with van der Waals surface area (Å²) in [5.41, 5.74) is 0. The number of rotatable bonds is 5. The molecule has 7 heteroatoms. The molecule has 1 aromatic rings. The van der Waals surface area contributed by atoms with Crippen molar-refractivity contribution < 1.29 is 13.5 Å². The van der Waals surface area contributed by atoms with Crippen molar-refractivity contribution in [2.45, 2.75) is 24.8 Å². The van der Waals surface area contributed by atoms with Gasteiger partial charge >= 0.3 is 0 Å². The van der Waals surface area contributed by atoms with Crippen LogP contribution in [0.4, 0.5) is 0 Å². The Morgan fingerprint density at radius 3 is 2.67 bits per heavy atom. The van der Waals surface area contributed by atoms with Gasteiger partial charge in [0.15, 0.2) is 0 Å². The van der Waals surface area contributed by atoms with Crippen LogP contribution in [-0.4, -0.2) is 36.4 Å². The number of sulfonamides is 1. The standard InChI is InChI=1S/C8H15N3O3S/c1-6(2)8(5-12)11-15(13,14)7-3-9-10-4-7/h3-4,6,8,11-12H,5H2,1-2H3,(H,9,10). The SMILES string of the molecule is CC(C)C(CO)NS(=O)(=O)c1cn[nH]c1. The van der Waals surface area contributed by atoms with Crippen molar-refractivity contribution >= 4 is 10.0 Å². The summed E-state index contributed by atoms with van der Waals surface area (Å²) < 4.78 is 25.8. The minimum absolute atomic E-state index is 0.0247. The van der Waals surface area contributed by atoms with Gasteiger partial charge in [0.1, 0.15) is 4.90 Å². The summed E-state index contributed by atoms with van der Waals surface area (Å²) in [5, 5.41) is 15.0. The first-order valence-electron chi connectivity index (χ1n) is 4.59. The lowest BCUT2D eigenvalue weighted by atomic mass is 10.1. The average Bonchev–Trinajstić information content (AvgIpc) is 2.67. The molecular formula is C8H15N3O3S. The Kier molecular flexibility index (Phi) is 3.83. The molecule has 0 radical (unpaired) electrons. The summed E-state index contributed by atoms with van der Waals surface area (Å²) in [7, 11) is -3.58. The van der Waals surface area contributed by atoms with Gasteiger partial charge in [-0.1, -0.05) is 13.8 Å². The third-order valence-electron chi connectivity index (χ3n) is 2.09. The average molecular weight is 233 g/mol. The van der Waals surface area contributed by atoms with E-state index in [1.807, 2.05) is 13.8 Å². The minimum atomic E-state index is -3.58. The highest BCUT2D eigenvalue weighted by molar-refractivity contribution is 7.89. The molecule has 0 aliphatic heterocycles. The van der Waals surface area contributed by atoms with Crippen molar-refractivity contribution in [3.8, 4) is 0 Å². The van der Waals surface area contributed by atoms with E-state index in [1.54, 1.807) is 0 Å². The third kappa shape index (κ3) is 3.01. The third-order valence-corrected chi connectivity index (χ3v) is 3.55. The highest BCUT2D eigenvalue weighted by atomic mass is 32.2. The van der Waals surface area contributed by atoms with E-state index in [-0.39, 0.29) is 17.4 Å². The first-order chi connectivity index (χ1) is 6.97. The zero-order valence-corrected chi connectivity index (χ0v) is 9.45. The van der Waals surface area contributed by atoms with Crippen LogP contribution in [0.1, 0.15) is 13.8 Å². The van der Waals surface area contributed by atoms with Gasteiger partial charge in [-0.2, -0.15) is 5.10 Å². The molecule has 1 unspecified atom stereocenters. The fourth-order valence-electron chi connectivity index (χ4n) is 1.04. The van der Waals surface area contributed by atoms with E-state index in [0.717, 1.165) is 0 Å². The highest BCUT2D eigenvalue weighted by Gasteiger charge is 2.22. The van der Waals surface area contributed by atoms with Crippen LogP contribution in [0.15, 0.2) is 17.3 Å². The maximum absolute atomic E-state index is 11.7. The lowest BCUT2D eigenvalue weighted by Crippen LogP contribution is -2.40. The fraction of sp³-hybridized carbons (Fsp3) is 0.625. The number of aromatic amines is 1. The Morgan fingerprint density at radius 2 is 2.27 bits per heavy atom. The van der Waals surface area contributed by atoms with Gasteiger partial charge in [-0.3, -0.25) is 5.10 Å². The Balaban J connectivity index is 2.81. The molecule has 0 aliphatic carbocycles. The Labute approximate surface area is 88.8 Å². The predicted molar refractivity (Wildman–Crippen MR) is 54.6 cm³/mol. The molecule has 86 valence electrons. The van der Waals surface area contributed by atoms with Gasteiger partial charge in [-0.15, -0.1) is 0 Å². The summed E-state index contributed by atoms with van der Waals surface area (Å²) >= 11 is 0. The topological polar surface area (TPSA) is 95.1 Å². The molecular weight excluding hydrogens is 218 g/mol. The van der Waals surface area contributed by atoms with E-state index in [4.69, 9.17) is 5.11 Å². The first-order valence-corrected chi connectivity index (χ1v) is 6.07. The Hall–Kier alpha value is -0.920. The van der Waals surface area contributed by atoms with Crippen LogP contribution in [0.25, 0.3) is 0 Å². The number of aromatic nitrogens is 2. The van der Waals surface area contributed by atoms with Crippen LogP contribution >= 0.6 is 0 Å². The molecule has 0 amide bonds. The summed E-state index contributed by atoms with van der Waals surface area (Å²) in [4.78, 5) is 0.0709. The molecule has 3 N–H and O–H groups in total. The van der Waals surface area contributed by atoms with Crippen LogP contribution in [0.3, 0.4) is 0 Å². The van der Waals surface area contributed by atoms with E-state index in [1.165, 1.54) is 12.4 Å². The zero-order chi connectivity index (χ0) is 11.5. The van der Waals surface area contributed by atoms with Crippen molar-refractivity contribution in [2.75, 3.05) is 6.61 Å². The smallest absolute Gasteiger partial charge is 0.244 e. The molecule has 1 aromatic heterocycles. The quantitative estimate of drug-likeness (QED) is 0.651. The van der Waals surface area contributed by atoms with Gasteiger partial charge < -0.3 is 5.11 Å². The van der Waals surface area contributed by atoms with Crippen LogP contribution in [0.2, 0.25) is 0 Å². The van der Waals surface area contributed by atoms with Gasteiger partial charge in [0, 0.05) is 12.2 Å². The minimum Gasteiger partial charge on any atom is -0.395 e. The molecule has 0 spiro atoms. The van der Waals surface area contributed by atoms with Crippen LogP contribution < -0.4 is 4.72 Å². The second-order valence-electron chi connectivity index (χ2n) is 3.59. The molecule has 0 aromatic carbocycles. The number of nitrogens with zero attached hydrogens (tertiary/aromatic N) is 1. The largest absolute Gasteiger partial charge is 0.395 e. The molecule has 0 saturated carbocycles. The summed E-state index contributed by atoms with van der Waals surface area (Å²) in [6, 6.07) is -0.482. The molecule has 0 saturated heterocycles. The molecule has 1 atom stereocenters. The number of aliphatic hydroxyl groups is 1. The van der Waals surface area contributed by atoms with Crippen LogP contribution in [0, 0.1) is 5.92 Å². The second kappa shape index (κ2) is 4.73. The molecule has 0 fully saturated rings. The highest BCUT2D eigenvalue weighted by Crippen LogP contribution is 2.09. The Bertz CT molecular complexity index is 385. The predicted octanol–water partition coefficient (Wildman–Crippen LogP) is -0.295.